The Balaban J connectivity index is 1.55. The SMILES string of the molecule is CN(CCOCCN)c1ccc(/N=N/c2ccc(C(=O)Nc3ccccc3N)cc2)cc1. The summed E-state index contributed by atoms with van der Waals surface area (Å²) in [5.41, 5.74) is 15.4. The fraction of sp³-hybridized carbons (Fsp3) is 0.208. The number of nitrogens with one attached hydrogen (secondary N) is 1. The van der Waals surface area contributed by atoms with Gasteiger partial charge in [0.1, 0.15) is 0 Å². The Morgan fingerprint density at radius 1 is 0.938 bits per heavy atom. The Kier molecular flexibility index (Phi) is 8.30. The van der Waals surface area contributed by atoms with E-state index in [1.165, 1.54) is 0 Å². The van der Waals surface area contributed by atoms with Crippen LogP contribution in [0, 0.1) is 0 Å². The standard InChI is InChI=1S/C24H28N6O2/c1-30(15-17-32-16-14-25)21-12-10-20(11-13-21)29-28-19-8-6-18(7-9-19)24(31)27-23-5-3-2-4-22(23)26/h2-13H,14-17,25-26H2,1H3,(H,27,31)/b29-28+. The van der Waals surface area contributed by atoms with Crippen LogP contribution in [0.5, 0.6) is 0 Å². The number of likely N-dealkylation sites (N-methyl/N-ethyl adjacent to an activating group) is 1. The first-order valence-corrected chi connectivity index (χ1v) is 10.3. The van der Waals surface area contributed by atoms with Crippen molar-refractivity contribution < 1.29 is 9.53 Å². The summed E-state index contributed by atoms with van der Waals surface area (Å²) in [5.74, 6) is -0.237. The summed E-state index contributed by atoms with van der Waals surface area (Å²) in [7, 11) is 2.01. The highest BCUT2D eigenvalue weighted by molar-refractivity contribution is 6.05. The molecule has 5 N–H and O–H groups in total. The Hall–Kier alpha value is -3.75. The second-order valence-corrected chi connectivity index (χ2v) is 7.13. The molecule has 0 atom stereocenters. The number of para-hydroxylation sites is 2. The van der Waals surface area contributed by atoms with Gasteiger partial charge in [-0.15, -0.1) is 0 Å². The summed E-state index contributed by atoms with van der Waals surface area (Å²) in [6.45, 7) is 2.50. The second-order valence-electron chi connectivity index (χ2n) is 7.13. The number of carbonyl (C=O) groups is 1. The molecule has 0 bridgehead atoms. The molecule has 0 fully saturated rings. The molecular formula is C24H28N6O2. The fourth-order valence-electron chi connectivity index (χ4n) is 2.89. The number of anilines is 3. The molecule has 3 aromatic rings. The first-order chi connectivity index (χ1) is 15.6. The molecule has 0 unspecified atom stereocenters. The molecule has 32 heavy (non-hydrogen) atoms. The molecule has 0 aromatic heterocycles. The number of carbonyl (C=O) groups excluding carboxylic acids is 1. The molecule has 0 aliphatic carbocycles. The molecular weight excluding hydrogens is 404 g/mol. The molecule has 0 radical (unpaired) electrons. The van der Waals surface area contributed by atoms with Crippen LogP contribution in [-0.4, -0.2) is 39.3 Å². The Morgan fingerprint density at radius 2 is 1.56 bits per heavy atom. The predicted octanol–water partition coefficient (Wildman–Crippen LogP) is 4.35. The van der Waals surface area contributed by atoms with E-state index in [9.17, 15) is 4.79 Å². The third-order valence-corrected chi connectivity index (χ3v) is 4.74. The zero-order valence-corrected chi connectivity index (χ0v) is 18.1. The molecule has 0 saturated carbocycles. The quantitative estimate of drug-likeness (QED) is 0.250. The molecule has 3 rings (SSSR count). The van der Waals surface area contributed by atoms with Crippen LogP contribution in [-0.2, 0) is 4.74 Å². The molecule has 0 heterocycles. The molecule has 8 heteroatoms. The lowest BCUT2D eigenvalue weighted by Gasteiger charge is -2.19. The van der Waals surface area contributed by atoms with E-state index in [1.807, 2.05) is 43.4 Å². The Labute approximate surface area is 187 Å². The van der Waals surface area contributed by atoms with Crippen LogP contribution in [0.4, 0.5) is 28.4 Å². The van der Waals surface area contributed by atoms with E-state index >= 15 is 0 Å². The zero-order valence-electron chi connectivity index (χ0n) is 18.1. The molecule has 8 nitrogen and oxygen atoms in total. The molecule has 0 saturated heterocycles. The highest BCUT2D eigenvalue weighted by Gasteiger charge is 2.07. The van der Waals surface area contributed by atoms with E-state index in [4.69, 9.17) is 16.2 Å². The van der Waals surface area contributed by atoms with Gasteiger partial charge in [0.15, 0.2) is 0 Å². The van der Waals surface area contributed by atoms with Crippen molar-refractivity contribution in [2.24, 2.45) is 16.0 Å². The smallest absolute Gasteiger partial charge is 0.255 e. The van der Waals surface area contributed by atoms with E-state index in [0.29, 0.717) is 42.4 Å². The number of ether oxygens (including phenoxy) is 1. The van der Waals surface area contributed by atoms with Crippen molar-refractivity contribution in [3.63, 3.8) is 0 Å². The summed E-state index contributed by atoms with van der Waals surface area (Å²) in [6.07, 6.45) is 0. The number of nitrogens with two attached hydrogens (primary N) is 2. The summed E-state index contributed by atoms with van der Waals surface area (Å²) in [6, 6.07) is 21.8. The van der Waals surface area contributed by atoms with Crippen LogP contribution in [0.25, 0.3) is 0 Å². The van der Waals surface area contributed by atoms with Crippen molar-refractivity contribution in [1.82, 2.24) is 0 Å². The lowest BCUT2D eigenvalue weighted by atomic mass is 10.2. The maximum Gasteiger partial charge on any atom is 0.255 e. The number of benzene rings is 3. The molecule has 0 aliphatic rings. The number of hydrogen-bond acceptors (Lipinski definition) is 7. The van der Waals surface area contributed by atoms with Gasteiger partial charge in [0, 0.05) is 31.4 Å². The minimum Gasteiger partial charge on any atom is -0.397 e. The van der Waals surface area contributed by atoms with Gasteiger partial charge in [-0.1, -0.05) is 12.1 Å². The van der Waals surface area contributed by atoms with E-state index in [0.717, 1.165) is 17.9 Å². The van der Waals surface area contributed by atoms with Crippen molar-refractivity contribution in [3.05, 3.63) is 78.4 Å². The van der Waals surface area contributed by atoms with E-state index in [-0.39, 0.29) is 5.91 Å². The van der Waals surface area contributed by atoms with Crippen LogP contribution in [0.15, 0.2) is 83.0 Å². The van der Waals surface area contributed by atoms with E-state index in [2.05, 4.69) is 20.4 Å². The normalized spacial score (nSPS) is 10.9. The molecule has 166 valence electrons. The van der Waals surface area contributed by atoms with Gasteiger partial charge in [0.25, 0.3) is 5.91 Å². The number of hydrogen-bond donors (Lipinski definition) is 3. The summed E-state index contributed by atoms with van der Waals surface area (Å²) < 4.78 is 5.41. The number of nitrogen functional groups attached to an aromatic ring is 1. The second kappa shape index (κ2) is 11.6. The number of amides is 1. The first-order valence-electron chi connectivity index (χ1n) is 10.3. The van der Waals surface area contributed by atoms with Crippen LogP contribution < -0.4 is 21.7 Å². The van der Waals surface area contributed by atoms with E-state index in [1.54, 1.807) is 36.4 Å². The van der Waals surface area contributed by atoms with Gasteiger partial charge in [-0.05, 0) is 60.7 Å². The highest BCUT2D eigenvalue weighted by Crippen LogP contribution is 2.23. The average molecular weight is 433 g/mol. The minimum absolute atomic E-state index is 0.237. The van der Waals surface area contributed by atoms with Gasteiger partial charge < -0.3 is 26.4 Å². The molecule has 0 aliphatic heterocycles. The Bertz CT molecular complexity index is 1040. The number of azo groups is 1. The van der Waals surface area contributed by atoms with Crippen LogP contribution >= 0.6 is 0 Å². The van der Waals surface area contributed by atoms with Crippen LogP contribution in [0.1, 0.15) is 10.4 Å². The maximum atomic E-state index is 12.4. The van der Waals surface area contributed by atoms with E-state index < -0.39 is 0 Å². The van der Waals surface area contributed by atoms with Crippen molar-refractivity contribution >= 4 is 34.3 Å². The van der Waals surface area contributed by atoms with Crippen LogP contribution in [0.2, 0.25) is 0 Å². The zero-order chi connectivity index (χ0) is 22.8. The lowest BCUT2D eigenvalue weighted by Crippen LogP contribution is -2.23. The predicted molar refractivity (Wildman–Crippen MR) is 129 cm³/mol. The first kappa shape index (κ1) is 22.9. The average Bonchev–Trinajstić information content (AvgIpc) is 2.82. The number of rotatable bonds is 10. The maximum absolute atomic E-state index is 12.4. The summed E-state index contributed by atoms with van der Waals surface area (Å²) >= 11 is 0. The summed E-state index contributed by atoms with van der Waals surface area (Å²) in [5, 5.41) is 11.3. The topological polar surface area (TPSA) is 118 Å². The van der Waals surface area contributed by atoms with Crippen molar-refractivity contribution in [3.8, 4) is 0 Å². The lowest BCUT2D eigenvalue weighted by molar-refractivity contribution is 0.102. The van der Waals surface area contributed by atoms with Gasteiger partial charge in [-0.3, -0.25) is 4.79 Å². The monoisotopic (exact) mass is 432 g/mol. The minimum atomic E-state index is -0.237. The third kappa shape index (κ3) is 6.63. The number of nitrogens with zero attached hydrogens (tertiary/aromatic N) is 3. The molecule has 0 spiro atoms. The van der Waals surface area contributed by atoms with Gasteiger partial charge in [0.2, 0.25) is 0 Å². The van der Waals surface area contributed by atoms with Crippen molar-refractivity contribution in [2.45, 2.75) is 0 Å². The third-order valence-electron chi connectivity index (χ3n) is 4.74. The van der Waals surface area contributed by atoms with Gasteiger partial charge in [-0.2, -0.15) is 10.2 Å². The largest absolute Gasteiger partial charge is 0.397 e. The van der Waals surface area contributed by atoms with Crippen molar-refractivity contribution in [1.29, 1.82) is 0 Å². The highest BCUT2D eigenvalue weighted by atomic mass is 16.5. The van der Waals surface area contributed by atoms with Crippen molar-refractivity contribution in [2.75, 3.05) is 49.3 Å². The van der Waals surface area contributed by atoms with Crippen LogP contribution in [0.3, 0.4) is 0 Å². The van der Waals surface area contributed by atoms with Gasteiger partial charge >= 0.3 is 0 Å². The van der Waals surface area contributed by atoms with Gasteiger partial charge in [0.05, 0.1) is 36.0 Å². The molecule has 1 amide bonds. The fourth-order valence-corrected chi connectivity index (χ4v) is 2.89. The molecule has 3 aromatic carbocycles. The van der Waals surface area contributed by atoms with Gasteiger partial charge in [-0.25, -0.2) is 0 Å². The Morgan fingerprint density at radius 3 is 2.19 bits per heavy atom. The summed E-state index contributed by atoms with van der Waals surface area (Å²) in [4.78, 5) is 14.5.